The summed E-state index contributed by atoms with van der Waals surface area (Å²) in [6.45, 7) is 2.64. The number of carbonyl (C=O) groups is 1. The summed E-state index contributed by atoms with van der Waals surface area (Å²) in [5.74, 6) is -0.591. The summed E-state index contributed by atoms with van der Waals surface area (Å²) in [5, 5.41) is 0. The third-order valence-electron chi connectivity index (χ3n) is 6.41. The molecule has 0 spiro atoms. The third kappa shape index (κ3) is 5.44. The van der Waals surface area contributed by atoms with Gasteiger partial charge in [-0.15, -0.1) is 0 Å². The minimum atomic E-state index is -0.410. The summed E-state index contributed by atoms with van der Waals surface area (Å²) in [4.78, 5) is 13.4. The molecule has 31 heavy (non-hydrogen) atoms. The number of hydrogen-bond donors (Lipinski definition) is 0. The lowest BCUT2D eigenvalue weighted by molar-refractivity contribution is -0.928. The summed E-state index contributed by atoms with van der Waals surface area (Å²) in [5.41, 5.74) is 3.17. The van der Waals surface area contributed by atoms with Crippen molar-refractivity contribution in [3.8, 4) is 0 Å². The Kier molecular flexibility index (Phi) is 8.05. The van der Waals surface area contributed by atoms with Crippen LogP contribution in [0, 0.1) is 0 Å². The van der Waals surface area contributed by atoms with Crippen molar-refractivity contribution in [3.63, 3.8) is 0 Å². The second kappa shape index (κ2) is 10.7. The van der Waals surface area contributed by atoms with Crippen molar-refractivity contribution in [2.45, 2.75) is 24.8 Å². The molecule has 3 nitrogen and oxygen atoms in total. The Labute approximate surface area is 196 Å². The van der Waals surface area contributed by atoms with E-state index in [0.717, 1.165) is 28.7 Å². The summed E-state index contributed by atoms with van der Waals surface area (Å²) in [6.07, 6.45) is 2.45. The first-order chi connectivity index (χ1) is 14.7. The zero-order valence-electron chi connectivity index (χ0n) is 18.0. The highest BCUT2D eigenvalue weighted by Crippen LogP contribution is 2.33. The Morgan fingerprint density at radius 2 is 1.19 bits per heavy atom. The van der Waals surface area contributed by atoms with Gasteiger partial charge in [-0.2, -0.15) is 0 Å². The van der Waals surface area contributed by atoms with Gasteiger partial charge in [-0.1, -0.05) is 91.0 Å². The van der Waals surface area contributed by atoms with Gasteiger partial charge in [0, 0.05) is 18.4 Å². The highest BCUT2D eigenvalue weighted by Gasteiger charge is 2.38. The van der Waals surface area contributed by atoms with Gasteiger partial charge in [-0.05, 0) is 11.1 Å². The van der Waals surface area contributed by atoms with E-state index >= 15 is 0 Å². The molecule has 0 bridgehead atoms. The summed E-state index contributed by atoms with van der Waals surface area (Å²) in [6, 6.07) is 30.5. The van der Waals surface area contributed by atoms with E-state index < -0.39 is 5.92 Å². The minimum Gasteiger partial charge on any atom is -1.00 e. The number of quaternary nitrogens is 1. The normalized spacial score (nSPS) is 15.8. The quantitative estimate of drug-likeness (QED) is 0.384. The third-order valence-corrected chi connectivity index (χ3v) is 6.41. The first-order valence-corrected chi connectivity index (χ1v) is 10.8. The van der Waals surface area contributed by atoms with Gasteiger partial charge in [0.05, 0.1) is 20.1 Å². The SMILES string of the molecule is C[N+]1(C(COC(=O)C(c2ccccc2)c2ccccc2)c2ccccc2)CCCC1.[Br-]. The molecule has 3 aromatic carbocycles. The van der Waals surface area contributed by atoms with Crippen molar-refractivity contribution < 1.29 is 31.0 Å². The first-order valence-electron chi connectivity index (χ1n) is 10.8. The lowest BCUT2D eigenvalue weighted by Gasteiger charge is -2.38. The molecule has 4 heteroatoms. The second-order valence-corrected chi connectivity index (χ2v) is 8.44. The van der Waals surface area contributed by atoms with Crippen molar-refractivity contribution in [1.29, 1.82) is 0 Å². The topological polar surface area (TPSA) is 26.3 Å². The van der Waals surface area contributed by atoms with Gasteiger partial charge in [0.2, 0.25) is 0 Å². The molecule has 0 aromatic heterocycles. The molecular formula is C27H30BrNO2. The van der Waals surface area contributed by atoms with E-state index in [1.54, 1.807) is 0 Å². The van der Waals surface area contributed by atoms with Crippen LogP contribution in [0.2, 0.25) is 0 Å². The van der Waals surface area contributed by atoms with Crippen LogP contribution in [0.3, 0.4) is 0 Å². The van der Waals surface area contributed by atoms with Crippen LogP contribution in [0.1, 0.15) is 41.5 Å². The fourth-order valence-electron chi connectivity index (χ4n) is 4.68. The molecule has 1 fully saturated rings. The molecule has 1 unspecified atom stereocenters. The van der Waals surface area contributed by atoms with E-state index in [4.69, 9.17) is 4.74 Å². The Hall–Kier alpha value is -2.43. The van der Waals surface area contributed by atoms with Gasteiger partial charge in [0.15, 0.2) is 0 Å². The number of carbonyl (C=O) groups excluding carboxylic acids is 1. The van der Waals surface area contributed by atoms with Crippen molar-refractivity contribution >= 4 is 5.97 Å². The number of hydrogen-bond acceptors (Lipinski definition) is 2. The Morgan fingerprint density at radius 3 is 1.65 bits per heavy atom. The van der Waals surface area contributed by atoms with Crippen molar-refractivity contribution in [2.75, 3.05) is 26.7 Å². The maximum Gasteiger partial charge on any atom is 0.318 e. The molecular weight excluding hydrogens is 450 g/mol. The summed E-state index contributed by atoms with van der Waals surface area (Å²) >= 11 is 0. The van der Waals surface area contributed by atoms with Gasteiger partial charge in [0.25, 0.3) is 0 Å². The largest absolute Gasteiger partial charge is 1.00 e. The smallest absolute Gasteiger partial charge is 0.318 e. The molecule has 0 N–H and O–H groups in total. The second-order valence-electron chi connectivity index (χ2n) is 8.44. The first kappa shape index (κ1) is 23.2. The lowest BCUT2D eigenvalue weighted by atomic mass is 9.91. The van der Waals surface area contributed by atoms with E-state index in [1.807, 2.05) is 66.7 Å². The monoisotopic (exact) mass is 479 g/mol. The molecule has 4 rings (SSSR count). The summed E-state index contributed by atoms with van der Waals surface area (Å²) < 4.78 is 6.98. The van der Waals surface area contributed by atoms with Crippen molar-refractivity contribution in [1.82, 2.24) is 0 Å². The number of benzene rings is 3. The van der Waals surface area contributed by atoms with Crippen LogP contribution < -0.4 is 17.0 Å². The van der Waals surface area contributed by atoms with E-state index in [0.29, 0.717) is 6.61 Å². The molecule has 0 radical (unpaired) electrons. The molecule has 0 saturated carbocycles. The van der Waals surface area contributed by atoms with Gasteiger partial charge < -0.3 is 26.2 Å². The number of esters is 1. The number of rotatable bonds is 7. The van der Waals surface area contributed by atoms with Crippen LogP contribution in [0.4, 0.5) is 0 Å². The molecule has 1 atom stereocenters. The molecule has 0 amide bonds. The molecule has 162 valence electrons. The fourth-order valence-corrected chi connectivity index (χ4v) is 4.68. The van der Waals surface area contributed by atoms with Gasteiger partial charge in [-0.3, -0.25) is 4.79 Å². The molecule has 1 heterocycles. The van der Waals surface area contributed by atoms with Crippen LogP contribution >= 0.6 is 0 Å². The molecule has 0 aliphatic carbocycles. The molecule has 1 saturated heterocycles. The van der Waals surface area contributed by atoms with Gasteiger partial charge in [-0.25, -0.2) is 0 Å². The predicted molar refractivity (Wildman–Crippen MR) is 120 cm³/mol. The Bertz CT molecular complexity index is 901. The number of likely N-dealkylation sites (N-methyl/N-ethyl adjacent to an activating group) is 1. The average Bonchev–Trinajstić information content (AvgIpc) is 3.23. The van der Waals surface area contributed by atoms with Crippen LogP contribution in [0.25, 0.3) is 0 Å². The molecule has 1 aliphatic heterocycles. The zero-order valence-corrected chi connectivity index (χ0v) is 19.6. The highest BCUT2D eigenvalue weighted by molar-refractivity contribution is 5.82. The van der Waals surface area contributed by atoms with Crippen LogP contribution in [-0.4, -0.2) is 37.2 Å². The Morgan fingerprint density at radius 1 is 0.774 bits per heavy atom. The van der Waals surface area contributed by atoms with E-state index in [9.17, 15) is 4.79 Å². The standard InChI is InChI=1S/C27H30NO2.BrH/c1-28(19-11-12-20-28)25(22-13-5-2-6-14-22)21-30-27(29)26(23-15-7-3-8-16-23)24-17-9-4-10-18-24;/h2-10,13-18,25-26H,11-12,19-21H2,1H3;1H/q+1;/p-1. The van der Waals surface area contributed by atoms with Gasteiger partial charge >= 0.3 is 5.97 Å². The van der Waals surface area contributed by atoms with Crippen LogP contribution in [0.15, 0.2) is 91.0 Å². The van der Waals surface area contributed by atoms with Gasteiger partial charge in [0.1, 0.15) is 18.6 Å². The molecule has 1 aliphatic rings. The zero-order chi connectivity index (χ0) is 20.8. The van der Waals surface area contributed by atoms with E-state index in [2.05, 4.69) is 31.3 Å². The maximum atomic E-state index is 13.4. The molecule has 3 aromatic rings. The number of likely N-dealkylation sites (tertiary alicyclic amines) is 1. The lowest BCUT2D eigenvalue weighted by Crippen LogP contribution is -3.00. The highest BCUT2D eigenvalue weighted by atomic mass is 79.9. The fraction of sp³-hybridized carbons (Fsp3) is 0.296. The number of halogens is 1. The van der Waals surface area contributed by atoms with E-state index in [1.165, 1.54) is 18.4 Å². The maximum absolute atomic E-state index is 13.4. The number of nitrogens with zero attached hydrogens (tertiary/aromatic N) is 1. The Balaban J connectivity index is 0.00000272. The van der Waals surface area contributed by atoms with Crippen LogP contribution in [0.5, 0.6) is 0 Å². The summed E-state index contributed by atoms with van der Waals surface area (Å²) in [7, 11) is 2.30. The number of ether oxygens (including phenoxy) is 1. The average molecular weight is 480 g/mol. The van der Waals surface area contributed by atoms with Crippen molar-refractivity contribution in [2.24, 2.45) is 0 Å². The van der Waals surface area contributed by atoms with E-state index in [-0.39, 0.29) is 29.0 Å². The minimum absolute atomic E-state index is 0. The van der Waals surface area contributed by atoms with Crippen molar-refractivity contribution in [3.05, 3.63) is 108 Å². The predicted octanol–water partition coefficient (Wildman–Crippen LogP) is 2.35. The van der Waals surface area contributed by atoms with Crippen LogP contribution in [-0.2, 0) is 9.53 Å².